The number of hydrogen-bond donors (Lipinski definition) is 0. The van der Waals surface area contributed by atoms with E-state index in [9.17, 15) is 52.7 Å². The molecule has 0 saturated heterocycles. The monoisotopic (exact) mass is 560 g/mol. The predicted molar refractivity (Wildman–Crippen MR) is 103 cm³/mol. The third-order valence-electron chi connectivity index (χ3n) is 5.06. The van der Waals surface area contributed by atoms with Crippen molar-refractivity contribution in [1.82, 2.24) is 9.97 Å². The van der Waals surface area contributed by atoms with Crippen LogP contribution < -0.4 is 0 Å². The summed E-state index contributed by atoms with van der Waals surface area (Å²) in [6.07, 6.45) is -19.7. The van der Waals surface area contributed by atoms with Crippen LogP contribution in [0.15, 0.2) is 58.0 Å². The van der Waals surface area contributed by atoms with Gasteiger partial charge in [-0.1, -0.05) is 0 Å². The second-order valence-corrected chi connectivity index (χ2v) is 7.65. The topological polar surface area (TPSA) is 52.1 Å². The number of rotatable bonds is 3. The second kappa shape index (κ2) is 8.80. The van der Waals surface area contributed by atoms with Gasteiger partial charge < -0.3 is 8.83 Å². The van der Waals surface area contributed by atoms with Crippen molar-refractivity contribution in [2.24, 2.45) is 0 Å². The summed E-state index contributed by atoms with van der Waals surface area (Å²) in [4.78, 5) is 7.18. The zero-order chi connectivity index (χ0) is 28.3. The van der Waals surface area contributed by atoms with Crippen LogP contribution >= 0.6 is 0 Å². The first-order valence-corrected chi connectivity index (χ1v) is 9.83. The number of benzene rings is 2. The molecule has 0 fully saturated rings. The fourth-order valence-electron chi connectivity index (χ4n) is 3.41. The van der Waals surface area contributed by atoms with Crippen LogP contribution in [-0.2, 0) is 24.7 Å². The summed E-state index contributed by atoms with van der Waals surface area (Å²) < 4.78 is 169. The number of alkyl halides is 12. The molecule has 0 aliphatic heterocycles. The molecular weight excluding hydrogens is 552 g/mol. The Bertz CT molecular complexity index is 1300. The summed E-state index contributed by atoms with van der Waals surface area (Å²) in [5.41, 5.74) is -9.74. The Kier molecular flexibility index (Phi) is 6.27. The average Bonchev–Trinajstić information content (AvgIpc) is 3.45. The molecule has 0 saturated carbocycles. The van der Waals surface area contributed by atoms with Gasteiger partial charge in [-0.15, -0.1) is 0 Å². The second-order valence-electron chi connectivity index (χ2n) is 7.65. The van der Waals surface area contributed by atoms with Gasteiger partial charge in [0.05, 0.1) is 22.3 Å². The molecule has 4 nitrogen and oxygen atoms in total. The molecule has 0 aliphatic rings. The van der Waals surface area contributed by atoms with E-state index in [2.05, 4.69) is 9.97 Å². The number of nitrogens with zero attached hydrogens (tertiary/aromatic N) is 2. The number of oxazole rings is 2. The molecule has 2 aromatic carbocycles. The van der Waals surface area contributed by atoms with E-state index < -0.39 is 81.0 Å². The average molecular weight is 560 g/mol. The maximum absolute atomic E-state index is 13.3. The third-order valence-corrected chi connectivity index (χ3v) is 5.06. The Labute approximate surface area is 202 Å². The van der Waals surface area contributed by atoms with Gasteiger partial charge in [-0.3, -0.25) is 0 Å². The van der Waals surface area contributed by atoms with E-state index in [-0.39, 0.29) is 12.1 Å². The van der Waals surface area contributed by atoms with Crippen LogP contribution in [0.4, 0.5) is 52.7 Å². The highest BCUT2D eigenvalue weighted by Gasteiger charge is 2.39. The van der Waals surface area contributed by atoms with Gasteiger partial charge >= 0.3 is 24.7 Å². The van der Waals surface area contributed by atoms with E-state index in [0.29, 0.717) is 37.1 Å². The molecule has 202 valence electrons. The molecule has 0 spiro atoms. The standard InChI is InChI=1S/C22H8F12N2O2/c23-19(24,25)11-1-9(2-12(5-11)20(26,27)28)15-17(37-7-35-15)18-16(36-8-38-18)10-3-13(21(29,30)31)6-14(4-10)22(32,33)34/h1-8H. The van der Waals surface area contributed by atoms with Gasteiger partial charge in [0.1, 0.15) is 11.4 Å². The fourth-order valence-corrected chi connectivity index (χ4v) is 3.41. The summed E-state index contributed by atoms with van der Waals surface area (Å²) in [5.74, 6) is -1.40. The van der Waals surface area contributed by atoms with Gasteiger partial charge in [-0.2, -0.15) is 52.7 Å². The van der Waals surface area contributed by atoms with Crippen molar-refractivity contribution >= 4 is 0 Å². The highest BCUT2D eigenvalue weighted by atomic mass is 19.4. The zero-order valence-corrected chi connectivity index (χ0v) is 17.9. The van der Waals surface area contributed by atoms with E-state index in [1.807, 2.05) is 0 Å². The van der Waals surface area contributed by atoms with E-state index in [1.54, 1.807) is 0 Å². The molecule has 4 rings (SSSR count). The third kappa shape index (κ3) is 5.33. The molecule has 0 unspecified atom stereocenters. The molecule has 2 aromatic heterocycles. The van der Waals surface area contributed by atoms with Crippen LogP contribution in [0.3, 0.4) is 0 Å². The minimum atomic E-state index is -5.22. The van der Waals surface area contributed by atoms with Gasteiger partial charge in [0.15, 0.2) is 24.3 Å². The van der Waals surface area contributed by atoms with E-state index in [4.69, 9.17) is 8.83 Å². The molecule has 0 amide bonds. The summed E-state index contributed by atoms with van der Waals surface area (Å²) >= 11 is 0. The van der Waals surface area contributed by atoms with Crippen molar-refractivity contribution < 1.29 is 61.5 Å². The normalized spacial score (nSPS) is 13.3. The molecule has 2 heterocycles. The summed E-state index contributed by atoms with van der Waals surface area (Å²) in [6.45, 7) is 0. The molecule has 4 aromatic rings. The lowest BCUT2D eigenvalue weighted by Crippen LogP contribution is -2.11. The lowest BCUT2D eigenvalue weighted by atomic mass is 9.99. The molecular formula is C22H8F12N2O2. The van der Waals surface area contributed by atoms with Crippen molar-refractivity contribution in [3.8, 4) is 34.0 Å². The van der Waals surface area contributed by atoms with Crippen molar-refractivity contribution in [1.29, 1.82) is 0 Å². The van der Waals surface area contributed by atoms with Gasteiger partial charge in [0.2, 0.25) is 0 Å². The quantitative estimate of drug-likeness (QED) is 0.235. The largest absolute Gasteiger partial charge is 0.439 e. The van der Waals surface area contributed by atoms with E-state index in [0.717, 1.165) is 0 Å². The van der Waals surface area contributed by atoms with E-state index >= 15 is 0 Å². The predicted octanol–water partition coefficient (Wildman–Crippen LogP) is 8.74. The van der Waals surface area contributed by atoms with Crippen LogP contribution in [0.25, 0.3) is 34.0 Å². The number of halogens is 12. The number of aromatic nitrogens is 2. The number of hydrogen-bond acceptors (Lipinski definition) is 4. The highest BCUT2D eigenvalue weighted by Crippen LogP contribution is 2.44. The minimum absolute atomic E-state index is 0.148. The Balaban J connectivity index is 1.92. The maximum atomic E-state index is 13.3. The summed E-state index contributed by atoms with van der Waals surface area (Å²) in [5, 5.41) is 0. The lowest BCUT2D eigenvalue weighted by Gasteiger charge is -2.14. The molecule has 0 atom stereocenters. The van der Waals surface area contributed by atoms with Gasteiger partial charge in [-0.05, 0) is 36.4 Å². The lowest BCUT2D eigenvalue weighted by molar-refractivity contribution is -0.144. The van der Waals surface area contributed by atoms with Crippen LogP contribution in [0.5, 0.6) is 0 Å². The van der Waals surface area contributed by atoms with Crippen molar-refractivity contribution in [3.05, 3.63) is 71.4 Å². The molecule has 16 heteroatoms. The van der Waals surface area contributed by atoms with Crippen molar-refractivity contribution in [2.45, 2.75) is 24.7 Å². The van der Waals surface area contributed by atoms with Crippen LogP contribution in [0.1, 0.15) is 22.3 Å². The Morgan fingerprint density at radius 1 is 0.421 bits per heavy atom. The Morgan fingerprint density at radius 3 is 0.921 bits per heavy atom. The molecule has 0 radical (unpaired) electrons. The van der Waals surface area contributed by atoms with Crippen LogP contribution in [0, 0.1) is 0 Å². The van der Waals surface area contributed by atoms with Gasteiger partial charge in [0.25, 0.3) is 0 Å². The van der Waals surface area contributed by atoms with Crippen molar-refractivity contribution in [3.63, 3.8) is 0 Å². The highest BCUT2D eigenvalue weighted by molar-refractivity contribution is 5.83. The van der Waals surface area contributed by atoms with Crippen molar-refractivity contribution in [2.75, 3.05) is 0 Å². The van der Waals surface area contributed by atoms with E-state index in [1.165, 1.54) is 0 Å². The zero-order valence-electron chi connectivity index (χ0n) is 17.9. The molecule has 0 N–H and O–H groups in total. The Morgan fingerprint density at radius 2 is 0.684 bits per heavy atom. The summed E-state index contributed by atoms with van der Waals surface area (Å²) in [7, 11) is 0. The SMILES string of the molecule is FC(F)(F)c1cc(-c2ncoc2-c2ocnc2-c2cc(C(F)(F)F)cc(C(F)(F)F)c2)cc(C(F)(F)F)c1. The van der Waals surface area contributed by atoms with Crippen LogP contribution in [-0.4, -0.2) is 9.97 Å². The van der Waals surface area contributed by atoms with Gasteiger partial charge in [0, 0.05) is 11.1 Å². The maximum Gasteiger partial charge on any atom is 0.416 e. The summed E-state index contributed by atoms with van der Waals surface area (Å²) in [6, 6.07) is 0.920. The molecule has 0 aliphatic carbocycles. The molecule has 0 bridgehead atoms. The molecule has 38 heavy (non-hydrogen) atoms. The smallest absolute Gasteiger partial charge is 0.416 e. The van der Waals surface area contributed by atoms with Crippen LogP contribution in [0.2, 0.25) is 0 Å². The first-order chi connectivity index (χ1) is 17.4. The minimum Gasteiger partial charge on any atom is -0.439 e. The Hall–Kier alpha value is -3.98. The fraction of sp³-hybridized carbons (Fsp3) is 0.182. The first-order valence-electron chi connectivity index (χ1n) is 9.83. The van der Waals surface area contributed by atoms with Gasteiger partial charge in [-0.25, -0.2) is 9.97 Å². The first kappa shape index (κ1) is 27.1.